The normalized spacial score (nSPS) is 22.3. The number of benzene rings is 1. The molecule has 0 saturated carbocycles. The number of rotatable bonds is 3. The van der Waals surface area contributed by atoms with E-state index in [0.29, 0.717) is 6.54 Å². The van der Waals surface area contributed by atoms with Crippen LogP contribution in [0.2, 0.25) is 0 Å². The highest BCUT2D eigenvalue weighted by Crippen LogP contribution is 2.24. The van der Waals surface area contributed by atoms with Crippen molar-refractivity contribution in [3.63, 3.8) is 0 Å². The molecule has 3 nitrogen and oxygen atoms in total. The zero-order valence-electron chi connectivity index (χ0n) is 10.3. The minimum absolute atomic E-state index is 0. The summed E-state index contributed by atoms with van der Waals surface area (Å²) in [5.74, 6) is 0.141. The Bertz CT molecular complexity index is 419. The molecule has 1 heterocycles. The van der Waals surface area contributed by atoms with Gasteiger partial charge in [0, 0.05) is 17.6 Å². The van der Waals surface area contributed by atoms with E-state index in [4.69, 9.17) is 0 Å². The Morgan fingerprint density at radius 2 is 2.33 bits per heavy atom. The highest BCUT2D eigenvalue weighted by atomic mass is 79.9. The maximum absolute atomic E-state index is 12.1. The van der Waals surface area contributed by atoms with E-state index in [1.807, 2.05) is 31.2 Å². The zero-order valence-corrected chi connectivity index (χ0v) is 12.7. The van der Waals surface area contributed by atoms with Crippen molar-refractivity contribution in [1.82, 2.24) is 10.6 Å². The van der Waals surface area contributed by atoms with E-state index in [1.54, 1.807) is 0 Å². The molecule has 1 aliphatic rings. The van der Waals surface area contributed by atoms with Crippen LogP contribution < -0.4 is 10.6 Å². The minimum atomic E-state index is -0.244. The molecule has 5 heteroatoms. The number of halogens is 2. The summed E-state index contributed by atoms with van der Waals surface area (Å²) in [6, 6.07) is 7.99. The van der Waals surface area contributed by atoms with Gasteiger partial charge in [-0.2, -0.15) is 0 Å². The third-order valence-electron chi connectivity index (χ3n) is 3.26. The Balaban J connectivity index is 0.00000162. The van der Waals surface area contributed by atoms with Crippen molar-refractivity contribution >= 4 is 34.2 Å². The molecule has 1 amide bonds. The molecule has 1 atom stereocenters. The highest BCUT2D eigenvalue weighted by molar-refractivity contribution is 9.10. The van der Waals surface area contributed by atoms with E-state index in [-0.39, 0.29) is 23.7 Å². The van der Waals surface area contributed by atoms with Crippen LogP contribution in [0, 0.1) is 5.41 Å². The molecule has 0 aliphatic carbocycles. The molecular weight excluding hydrogens is 316 g/mol. The predicted octanol–water partition coefficient (Wildman–Crippen LogP) is 2.49. The first-order valence-electron chi connectivity index (χ1n) is 5.84. The Morgan fingerprint density at radius 1 is 1.56 bits per heavy atom. The van der Waals surface area contributed by atoms with Crippen LogP contribution in [0.4, 0.5) is 0 Å². The van der Waals surface area contributed by atoms with Gasteiger partial charge < -0.3 is 10.6 Å². The molecule has 0 spiro atoms. The average Bonchev–Trinajstić information content (AvgIpc) is 2.74. The Labute approximate surface area is 122 Å². The van der Waals surface area contributed by atoms with E-state index >= 15 is 0 Å². The zero-order chi connectivity index (χ0) is 12.3. The third-order valence-corrected chi connectivity index (χ3v) is 3.75. The summed E-state index contributed by atoms with van der Waals surface area (Å²) in [6.07, 6.45) is 0.914. The van der Waals surface area contributed by atoms with Crippen LogP contribution in [-0.2, 0) is 11.3 Å². The number of amides is 1. The molecule has 2 N–H and O–H groups in total. The summed E-state index contributed by atoms with van der Waals surface area (Å²) in [7, 11) is 0. The number of carbonyl (C=O) groups is 1. The summed E-state index contributed by atoms with van der Waals surface area (Å²) in [6.45, 7) is 4.31. The summed E-state index contributed by atoms with van der Waals surface area (Å²) in [5.41, 5.74) is 0.869. The van der Waals surface area contributed by atoms with Crippen LogP contribution in [0.5, 0.6) is 0 Å². The van der Waals surface area contributed by atoms with Crippen LogP contribution in [0.25, 0.3) is 0 Å². The van der Waals surface area contributed by atoms with Gasteiger partial charge in [0.15, 0.2) is 0 Å². The van der Waals surface area contributed by atoms with Gasteiger partial charge in [0.2, 0.25) is 5.91 Å². The summed E-state index contributed by atoms with van der Waals surface area (Å²) in [5, 5.41) is 6.24. The van der Waals surface area contributed by atoms with Crippen LogP contribution in [0.15, 0.2) is 28.7 Å². The number of carbonyl (C=O) groups excluding carboxylic acids is 1. The highest BCUT2D eigenvalue weighted by Gasteiger charge is 2.35. The molecule has 1 aliphatic heterocycles. The van der Waals surface area contributed by atoms with Crippen molar-refractivity contribution in [3.8, 4) is 0 Å². The first-order chi connectivity index (χ1) is 8.10. The van der Waals surface area contributed by atoms with Gasteiger partial charge in [0.25, 0.3) is 0 Å². The van der Waals surface area contributed by atoms with Gasteiger partial charge in [-0.3, -0.25) is 4.79 Å². The Hall–Kier alpha value is -0.580. The molecule has 2 rings (SSSR count). The first kappa shape index (κ1) is 15.5. The van der Waals surface area contributed by atoms with E-state index < -0.39 is 0 Å². The van der Waals surface area contributed by atoms with Gasteiger partial charge >= 0.3 is 0 Å². The smallest absolute Gasteiger partial charge is 0.227 e. The minimum Gasteiger partial charge on any atom is -0.352 e. The standard InChI is InChI=1S/C13H17BrN2O.ClH/c1-13(5-6-15-9-13)12(17)16-8-10-3-2-4-11(14)7-10;/h2-4,7,15H,5-6,8-9H2,1H3,(H,16,17);1H. The quantitative estimate of drug-likeness (QED) is 0.892. The lowest BCUT2D eigenvalue weighted by Crippen LogP contribution is -2.39. The fraction of sp³-hybridized carbons (Fsp3) is 0.462. The second kappa shape index (κ2) is 6.55. The monoisotopic (exact) mass is 332 g/mol. The molecule has 0 bridgehead atoms. The molecule has 1 aromatic carbocycles. The molecule has 1 aromatic rings. The largest absolute Gasteiger partial charge is 0.352 e. The van der Waals surface area contributed by atoms with E-state index in [0.717, 1.165) is 29.5 Å². The SMILES string of the molecule is CC1(C(=O)NCc2cccc(Br)c2)CCNC1.Cl. The van der Waals surface area contributed by atoms with Crippen LogP contribution in [0.1, 0.15) is 18.9 Å². The molecule has 100 valence electrons. The second-order valence-corrected chi connectivity index (χ2v) is 5.72. The molecule has 1 saturated heterocycles. The van der Waals surface area contributed by atoms with Crippen LogP contribution in [0.3, 0.4) is 0 Å². The summed E-state index contributed by atoms with van der Waals surface area (Å²) in [4.78, 5) is 12.1. The Morgan fingerprint density at radius 3 is 2.94 bits per heavy atom. The molecule has 0 aromatic heterocycles. The van der Waals surface area contributed by atoms with Crippen molar-refractivity contribution in [2.24, 2.45) is 5.41 Å². The second-order valence-electron chi connectivity index (χ2n) is 4.80. The van der Waals surface area contributed by atoms with Crippen LogP contribution >= 0.6 is 28.3 Å². The number of hydrogen-bond acceptors (Lipinski definition) is 2. The lowest BCUT2D eigenvalue weighted by molar-refractivity contribution is -0.129. The fourth-order valence-electron chi connectivity index (χ4n) is 2.05. The third kappa shape index (κ3) is 3.70. The average molecular weight is 334 g/mol. The van der Waals surface area contributed by atoms with Gasteiger partial charge in [0.1, 0.15) is 0 Å². The van der Waals surface area contributed by atoms with Crippen molar-refractivity contribution in [2.75, 3.05) is 13.1 Å². The maximum atomic E-state index is 12.1. The number of nitrogens with one attached hydrogen (secondary N) is 2. The molecular formula is C13H18BrClN2O. The fourth-order valence-corrected chi connectivity index (χ4v) is 2.50. The lowest BCUT2D eigenvalue weighted by Gasteiger charge is -2.21. The van der Waals surface area contributed by atoms with E-state index in [1.165, 1.54) is 0 Å². The van der Waals surface area contributed by atoms with Gasteiger partial charge in [-0.25, -0.2) is 0 Å². The van der Waals surface area contributed by atoms with Crippen molar-refractivity contribution in [1.29, 1.82) is 0 Å². The maximum Gasteiger partial charge on any atom is 0.227 e. The van der Waals surface area contributed by atoms with Gasteiger partial charge in [-0.15, -0.1) is 12.4 Å². The first-order valence-corrected chi connectivity index (χ1v) is 6.63. The number of hydrogen-bond donors (Lipinski definition) is 2. The molecule has 18 heavy (non-hydrogen) atoms. The van der Waals surface area contributed by atoms with Crippen LogP contribution in [-0.4, -0.2) is 19.0 Å². The lowest BCUT2D eigenvalue weighted by atomic mass is 9.89. The van der Waals surface area contributed by atoms with Gasteiger partial charge in [-0.05, 0) is 37.6 Å². The molecule has 0 radical (unpaired) electrons. The topological polar surface area (TPSA) is 41.1 Å². The van der Waals surface area contributed by atoms with E-state index in [9.17, 15) is 4.79 Å². The molecule has 1 fully saturated rings. The summed E-state index contributed by atoms with van der Waals surface area (Å²) >= 11 is 3.42. The van der Waals surface area contributed by atoms with Gasteiger partial charge in [0.05, 0.1) is 5.41 Å². The van der Waals surface area contributed by atoms with Gasteiger partial charge in [-0.1, -0.05) is 28.1 Å². The van der Waals surface area contributed by atoms with Crippen molar-refractivity contribution < 1.29 is 4.79 Å². The predicted molar refractivity (Wildman–Crippen MR) is 78.8 cm³/mol. The van der Waals surface area contributed by atoms with E-state index in [2.05, 4.69) is 26.6 Å². The Kier molecular flexibility index (Phi) is 5.63. The van der Waals surface area contributed by atoms with Crippen molar-refractivity contribution in [2.45, 2.75) is 19.9 Å². The summed E-state index contributed by atoms with van der Waals surface area (Å²) < 4.78 is 1.04. The molecule has 1 unspecified atom stereocenters. The van der Waals surface area contributed by atoms with Crippen molar-refractivity contribution in [3.05, 3.63) is 34.3 Å².